The first-order valence-electron chi connectivity index (χ1n) is 9.34. The smallest absolute Gasteiger partial charge is 0.186 e. The van der Waals surface area contributed by atoms with Crippen LogP contribution in [0.1, 0.15) is 40.0 Å². The van der Waals surface area contributed by atoms with Crippen LogP contribution in [0.3, 0.4) is 0 Å². The van der Waals surface area contributed by atoms with E-state index in [-0.39, 0.29) is 18.6 Å². The topological polar surface area (TPSA) is 84.9 Å². The van der Waals surface area contributed by atoms with Gasteiger partial charge >= 0.3 is 0 Å². The summed E-state index contributed by atoms with van der Waals surface area (Å²) in [4.78, 5) is -3.11. The minimum atomic E-state index is -4.75. The Balaban J connectivity index is 2.16. The van der Waals surface area contributed by atoms with Gasteiger partial charge in [0.15, 0.2) is 33.1 Å². The Bertz CT molecular complexity index is 821. The second-order valence-electron chi connectivity index (χ2n) is 7.66. The first-order chi connectivity index (χ1) is 14.0. The maximum absolute atomic E-state index is 14.2. The van der Waals surface area contributed by atoms with Gasteiger partial charge in [0.1, 0.15) is 9.79 Å². The zero-order valence-corrected chi connectivity index (χ0v) is 18.3. The largest absolute Gasteiger partial charge is 0.691 e. The molecule has 0 aromatic heterocycles. The number of benzene rings is 1. The number of halogens is 4. The van der Waals surface area contributed by atoms with Crippen molar-refractivity contribution >= 4 is 21.9 Å². The van der Waals surface area contributed by atoms with E-state index in [4.69, 9.17) is 4.74 Å². The molecule has 1 saturated carbocycles. The van der Waals surface area contributed by atoms with Gasteiger partial charge in [-0.25, -0.2) is 26.0 Å². The fraction of sp³-hybridized carbons (Fsp3) is 0.667. The third-order valence-corrected chi connectivity index (χ3v) is 7.76. The molecule has 0 N–H and O–H groups in total. The van der Waals surface area contributed by atoms with E-state index in [0.717, 1.165) is 19.3 Å². The molecule has 6 nitrogen and oxygen atoms in total. The van der Waals surface area contributed by atoms with E-state index in [1.807, 2.05) is 6.92 Å². The zero-order chi connectivity index (χ0) is 22.6. The molecule has 1 aromatic carbocycles. The van der Waals surface area contributed by atoms with Gasteiger partial charge in [0.2, 0.25) is 0 Å². The average Bonchev–Trinajstić information content (AvgIpc) is 2.67. The fourth-order valence-corrected chi connectivity index (χ4v) is 5.21. The quantitative estimate of drug-likeness (QED) is 0.177. The van der Waals surface area contributed by atoms with E-state index in [9.17, 15) is 31.2 Å². The van der Waals surface area contributed by atoms with Gasteiger partial charge in [-0.05, 0) is 37.0 Å². The van der Waals surface area contributed by atoms with Crippen molar-refractivity contribution in [2.24, 2.45) is 17.8 Å². The highest BCUT2D eigenvalue weighted by atomic mass is 32.2. The Hall–Kier alpha value is -0.920. The Morgan fingerprint density at radius 3 is 2.23 bits per heavy atom. The molecule has 30 heavy (non-hydrogen) atoms. The lowest BCUT2D eigenvalue weighted by molar-refractivity contribution is -0.777. The van der Waals surface area contributed by atoms with Crippen molar-refractivity contribution in [1.29, 1.82) is 0 Å². The second kappa shape index (κ2) is 10.6. The molecule has 1 aromatic rings. The fourth-order valence-electron chi connectivity index (χ4n) is 3.55. The molecular weight excluding hydrogens is 452 g/mol. The molecular formula is C18H23F4O6S2-. The molecule has 1 fully saturated rings. The third kappa shape index (κ3) is 5.65. The highest BCUT2D eigenvalue weighted by molar-refractivity contribution is 7.94. The summed E-state index contributed by atoms with van der Waals surface area (Å²) < 4.78 is 90.6. The molecule has 2 rings (SSSR count). The second-order valence-corrected chi connectivity index (χ2v) is 10.4. The van der Waals surface area contributed by atoms with Crippen molar-refractivity contribution in [3.63, 3.8) is 0 Å². The number of rotatable bonds is 9. The van der Waals surface area contributed by atoms with E-state index >= 15 is 0 Å². The predicted molar refractivity (Wildman–Crippen MR) is 97.4 cm³/mol. The van der Waals surface area contributed by atoms with E-state index in [1.165, 1.54) is 0 Å². The summed E-state index contributed by atoms with van der Waals surface area (Å²) in [6.45, 7) is 5.78. The van der Waals surface area contributed by atoms with E-state index in [2.05, 4.69) is 23.2 Å². The number of hydrogen-bond acceptors (Lipinski definition) is 7. The average molecular weight is 476 g/mol. The molecule has 12 heteroatoms. The van der Waals surface area contributed by atoms with E-state index in [1.54, 1.807) is 0 Å². The molecule has 0 bridgehead atoms. The molecule has 0 heterocycles. The van der Waals surface area contributed by atoms with Crippen LogP contribution in [-0.4, -0.2) is 26.9 Å². The molecule has 0 amide bonds. The monoisotopic (exact) mass is 475 g/mol. The standard InChI is InChI=1S/C18H24F4O6S2/c1-9(2)11-5-4-10(3)12(8-11)26-6-7-30(24,25)18-15(21)13(19)17(29-28-27-23)14(20)16(18)22/h9-12,23H,4-8H2,1-3H3/p-1/t10-,11-,12?/m0/s1. The van der Waals surface area contributed by atoms with E-state index < -0.39 is 60.7 Å². The normalized spacial score (nSPS) is 22.6. The van der Waals surface area contributed by atoms with Gasteiger partial charge in [-0.2, -0.15) is 4.33 Å². The van der Waals surface area contributed by atoms with Crippen molar-refractivity contribution in [1.82, 2.24) is 0 Å². The van der Waals surface area contributed by atoms with Crippen LogP contribution in [-0.2, 0) is 23.9 Å². The number of hydrogen-bond donors (Lipinski definition) is 0. The van der Waals surface area contributed by atoms with Crippen LogP contribution in [0.4, 0.5) is 17.6 Å². The number of sulfone groups is 1. The minimum Gasteiger partial charge on any atom is -0.691 e. The lowest BCUT2D eigenvalue weighted by Crippen LogP contribution is -2.33. The summed E-state index contributed by atoms with van der Waals surface area (Å²) in [5.41, 5.74) is 0. The molecule has 1 aliphatic carbocycles. The van der Waals surface area contributed by atoms with Crippen molar-refractivity contribution in [3.8, 4) is 0 Å². The Morgan fingerprint density at radius 2 is 1.70 bits per heavy atom. The highest BCUT2D eigenvalue weighted by Gasteiger charge is 2.35. The van der Waals surface area contributed by atoms with Gasteiger partial charge < -0.3 is 9.99 Å². The molecule has 0 spiro atoms. The van der Waals surface area contributed by atoms with Gasteiger partial charge in [-0.3, -0.25) is 5.04 Å². The summed E-state index contributed by atoms with van der Waals surface area (Å²) in [5.74, 6) is -8.08. The van der Waals surface area contributed by atoms with Gasteiger partial charge in [-0.15, -0.1) is 0 Å². The molecule has 0 radical (unpaired) electrons. The molecule has 0 saturated heterocycles. The SMILES string of the molecule is CC(C)[C@H]1CC[C@H](C)C(OCCS(=O)(=O)c2c(F)c(F)c(SOO[O-])c(F)c2F)C1. The lowest BCUT2D eigenvalue weighted by atomic mass is 9.76. The molecule has 1 aliphatic rings. The van der Waals surface area contributed by atoms with Crippen molar-refractivity contribution in [2.45, 2.75) is 55.9 Å². The maximum Gasteiger partial charge on any atom is 0.186 e. The summed E-state index contributed by atoms with van der Waals surface area (Å²) >= 11 is -0.424. The van der Waals surface area contributed by atoms with Gasteiger partial charge in [0.05, 0.1) is 30.5 Å². The van der Waals surface area contributed by atoms with Crippen molar-refractivity contribution in [3.05, 3.63) is 23.3 Å². The minimum absolute atomic E-state index is 0.186. The zero-order valence-electron chi connectivity index (χ0n) is 16.6. The third-order valence-electron chi connectivity index (χ3n) is 5.43. The number of ether oxygens (including phenoxy) is 1. The molecule has 0 aliphatic heterocycles. The highest BCUT2D eigenvalue weighted by Crippen LogP contribution is 2.36. The van der Waals surface area contributed by atoms with Gasteiger partial charge in [0, 0.05) is 0 Å². The first-order valence-corrected chi connectivity index (χ1v) is 11.7. The Kier molecular flexibility index (Phi) is 8.95. The predicted octanol–water partition coefficient (Wildman–Crippen LogP) is 3.72. The summed E-state index contributed by atoms with van der Waals surface area (Å²) in [6, 6.07) is 0. The van der Waals surface area contributed by atoms with Crippen LogP contribution < -0.4 is 5.26 Å². The molecule has 1 unspecified atom stereocenters. The summed E-state index contributed by atoms with van der Waals surface area (Å²) in [5, 5.41) is 12.6. The van der Waals surface area contributed by atoms with Gasteiger partial charge in [-0.1, -0.05) is 20.8 Å². The van der Waals surface area contributed by atoms with Crippen LogP contribution in [0.25, 0.3) is 0 Å². The van der Waals surface area contributed by atoms with Crippen LogP contribution >= 0.6 is 12.0 Å². The molecule has 172 valence electrons. The van der Waals surface area contributed by atoms with Crippen molar-refractivity contribution < 1.29 is 45.3 Å². The first kappa shape index (κ1) is 25.3. The van der Waals surface area contributed by atoms with Crippen LogP contribution in [0.2, 0.25) is 0 Å². The summed E-state index contributed by atoms with van der Waals surface area (Å²) in [7, 11) is -4.75. The van der Waals surface area contributed by atoms with Crippen molar-refractivity contribution in [2.75, 3.05) is 12.4 Å². The lowest BCUT2D eigenvalue weighted by Gasteiger charge is -2.36. The Morgan fingerprint density at radius 1 is 1.10 bits per heavy atom. The Labute approximate surface area is 176 Å². The summed E-state index contributed by atoms with van der Waals surface area (Å²) in [6.07, 6.45) is 2.47. The van der Waals surface area contributed by atoms with E-state index in [0.29, 0.717) is 11.8 Å². The van der Waals surface area contributed by atoms with Crippen LogP contribution in [0, 0.1) is 41.0 Å². The van der Waals surface area contributed by atoms with Crippen LogP contribution in [0.5, 0.6) is 0 Å². The maximum atomic E-state index is 14.2. The van der Waals surface area contributed by atoms with Gasteiger partial charge in [0.25, 0.3) is 0 Å². The van der Waals surface area contributed by atoms with Crippen LogP contribution in [0.15, 0.2) is 9.79 Å². The molecule has 3 atom stereocenters.